The number of hydrogen-bond donors (Lipinski definition) is 0. The lowest BCUT2D eigenvalue weighted by molar-refractivity contribution is 0.266. The molecule has 0 radical (unpaired) electrons. The Hall–Kier alpha value is -1.39. The van der Waals surface area contributed by atoms with Crippen molar-refractivity contribution in [3.8, 4) is 5.75 Å². The van der Waals surface area contributed by atoms with Gasteiger partial charge in [0.05, 0.1) is 18.6 Å². The van der Waals surface area contributed by atoms with Crippen LogP contribution in [0.15, 0.2) is 42.8 Å². The molecule has 0 spiro atoms. The second-order valence-electron chi connectivity index (χ2n) is 6.96. The van der Waals surface area contributed by atoms with Crippen LogP contribution in [0.1, 0.15) is 51.7 Å². The van der Waals surface area contributed by atoms with Gasteiger partial charge in [0, 0.05) is 35.7 Å². The van der Waals surface area contributed by atoms with Crippen LogP contribution in [-0.4, -0.2) is 28.6 Å². The quantitative estimate of drug-likeness (QED) is 0.452. The van der Waals surface area contributed by atoms with Crippen LogP contribution in [0.25, 0.3) is 0 Å². The van der Waals surface area contributed by atoms with E-state index in [-0.39, 0.29) is 0 Å². The SMILES string of the molecule is C=C1C(C)C=CN1Cc1ccc(CN(CCC)CCC)cc1OSCC. The summed E-state index contributed by atoms with van der Waals surface area (Å²) in [6, 6.07) is 6.70. The van der Waals surface area contributed by atoms with Crippen molar-refractivity contribution in [2.45, 2.75) is 53.6 Å². The van der Waals surface area contributed by atoms with Gasteiger partial charge in [-0.05, 0) is 37.6 Å². The van der Waals surface area contributed by atoms with E-state index in [1.54, 1.807) is 0 Å². The average Bonchev–Trinajstić information content (AvgIpc) is 2.94. The summed E-state index contributed by atoms with van der Waals surface area (Å²) in [5, 5.41) is 0. The molecule has 3 nitrogen and oxygen atoms in total. The van der Waals surface area contributed by atoms with E-state index in [9.17, 15) is 0 Å². The zero-order chi connectivity index (χ0) is 18.9. The molecule has 26 heavy (non-hydrogen) atoms. The van der Waals surface area contributed by atoms with Crippen molar-refractivity contribution in [3.05, 3.63) is 53.9 Å². The lowest BCUT2D eigenvalue weighted by Gasteiger charge is -2.23. The number of rotatable bonds is 11. The molecule has 0 bridgehead atoms. The predicted molar refractivity (Wildman–Crippen MR) is 114 cm³/mol. The first-order valence-corrected chi connectivity index (χ1v) is 10.8. The molecule has 1 aromatic rings. The van der Waals surface area contributed by atoms with Crippen LogP contribution < -0.4 is 4.18 Å². The zero-order valence-electron chi connectivity index (χ0n) is 16.8. The Morgan fingerprint density at radius 2 is 1.92 bits per heavy atom. The Bertz CT molecular complexity index is 608. The lowest BCUT2D eigenvalue weighted by Crippen LogP contribution is -2.25. The van der Waals surface area contributed by atoms with Gasteiger partial charge in [-0.1, -0.05) is 52.5 Å². The van der Waals surface area contributed by atoms with Crippen LogP contribution in [0.5, 0.6) is 5.75 Å². The summed E-state index contributed by atoms with van der Waals surface area (Å²) in [4.78, 5) is 4.75. The summed E-state index contributed by atoms with van der Waals surface area (Å²) in [5.74, 6) is 2.35. The molecule has 0 amide bonds. The second kappa shape index (κ2) is 10.7. The molecule has 4 heteroatoms. The highest BCUT2D eigenvalue weighted by atomic mass is 32.2. The van der Waals surface area contributed by atoms with E-state index in [2.05, 4.69) is 74.5 Å². The molecule has 0 aromatic heterocycles. The fourth-order valence-corrected chi connectivity index (χ4v) is 3.63. The fraction of sp³-hybridized carbons (Fsp3) is 0.545. The zero-order valence-corrected chi connectivity index (χ0v) is 17.6. The molecule has 0 N–H and O–H groups in total. The van der Waals surface area contributed by atoms with Crippen LogP contribution in [0.3, 0.4) is 0 Å². The van der Waals surface area contributed by atoms with Gasteiger partial charge in [0.1, 0.15) is 5.75 Å². The van der Waals surface area contributed by atoms with Crippen molar-refractivity contribution >= 4 is 12.0 Å². The van der Waals surface area contributed by atoms with Gasteiger partial charge in [-0.2, -0.15) is 0 Å². The van der Waals surface area contributed by atoms with Gasteiger partial charge in [0.2, 0.25) is 0 Å². The van der Waals surface area contributed by atoms with Crippen molar-refractivity contribution in [3.63, 3.8) is 0 Å². The molecular formula is C22H34N2OS. The highest BCUT2D eigenvalue weighted by Crippen LogP contribution is 2.30. The monoisotopic (exact) mass is 374 g/mol. The van der Waals surface area contributed by atoms with Gasteiger partial charge in [-0.15, -0.1) is 0 Å². The third-order valence-corrected chi connectivity index (χ3v) is 5.21. The lowest BCUT2D eigenvalue weighted by atomic mass is 10.1. The smallest absolute Gasteiger partial charge is 0.142 e. The van der Waals surface area contributed by atoms with Crippen LogP contribution in [0.2, 0.25) is 0 Å². The maximum Gasteiger partial charge on any atom is 0.142 e. The summed E-state index contributed by atoms with van der Waals surface area (Å²) < 4.78 is 6.02. The Kier molecular flexibility index (Phi) is 8.60. The number of nitrogens with zero attached hydrogens (tertiary/aromatic N) is 2. The van der Waals surface area contributed by atoms with Gasteiger partial charge < -0.3 is 9.08 Å². The molecule has 2 rings (SSSR count). The van der Waals surface area contributed by atoms with Crippen molar-refractivity contribution in [1.82, 2.24) is 9.80 Å². The summed E-state index contributed by atoms with van der Waals surface area (Å²) in [5.41, 5.74) is 3.69. The maximum absolute atomic E-state index is 6.02. The molecular weight excluding hydrogens is 340 g/mol. The minimum absolute atomic E-state index is 0.417. The van der Waals surface area contributed by atoms with Gasteiger partial charge in [0.15, 0.2) is 0 Å². The molecule has 1 aliphatic heterocycles. The van der Waals surface area contributed by atoms with Crippen LogP contribution >= 0.6 is 12.0 Å². The molecule has 0 fully saturated rings. The molecule has 1 aliphatic rings. The van der Waals surface area contributed by atoms with E-state index in [0.29, 0.717) is 5.92 Å². The van der Waals surface area contributed by atoms with Gasteiger partial charge >= 0.3 is 0 Å². The molecule has 1 unspecified atom stereocenters. The molecule has 1 heterocycles. The highest BCUT2D eigenvalue weighted by Gasteiger charge is 2.19. The summed E-state index contributed by atoms with van der Waals surface area (Å²) in [6.07, 6.45) is 6.72. The second-order valence-corrected chi connectivity index (χ2v) is 7.94. The first kappa shape index (κ1) is 20.9. The minimum Gasteiger partial charge on any atom is -0.425 e. The molecule has 0 aliphatic carbocycles. The van der Waals surface area contributed by atoms with Crippen molar-refractivity contribution < 1.29 is 4.18 Å². The molecule has 0 saturated heterocycles. The van der Waals surface area contributed by atoms with E-state index in [1.807, 2.05) is 0 Å². The van der Waals surface area contributed by atoms with E-state index in [0.717, 1.165) is 43.4 Å². The van der Waals surface area contributed by atoms with Crippen molar-refractivity contribution in [2.75, 3.05) is 18.8 Å². The number of benzene rings is 1. The summed E-state index contributed by atoms with van der Waals surface area (Å²) >= 11 is 1.51. The minimum atomic E-state index is 0.417. The number of allylic oxidation sites excluding steroid dienone is 1. The van der Waals surface area contributed by atoms with E-state index in [1.165, 1.54) is 36.0 Å². The molecule has 144 valence electrons. The maximum atomic E-state index is 6.02. The Morgan fingerprint density at radius 1 is 1.19 bits per heavy atom. The first-order valence-electron chi connectivity index (χ1n) is 9.86. The Balaban J connectivity index is 2.15. The van der Waals surface area contributed by atoms with Gasteiger partial charge in [-0.25, -0.2) is 0 Å². The third-order valence-electron chi connectivity index (χ3n) is 4.67. The summed E-state index contributed by atoms with van der Waals surface area (Å²) in [6.45, 7) is 17.1. The topological polar surface area (TPSA) is 15.7 Å². The van der Waals surface area contributed by atoms with E-state index < -0.39 is 0 Å². The predicted octanol–water partition coefficient (Wildman–Crippen LogP) is 5.83. The van der Waals surface area contributed by atoms with Gasteiger partial charge in [0.25, 0.3) is 0 Å². The number of hydrogen-bond acceptors (Lipinski definition) is 4. The van der Waals surface area contributed by atoms with E-state index in [4.69, 9.17) is 4.18 Å². The van der Waals surface area contributed by atoms with Gasteiger partial charge in [-0.3, -0.25) is 4.90 Å². The molecule has 1 aromatic carbocycles. The third kappa shape index (κ3) is 5.82. The first-order chi connectivity index (χ1) is 12.6. The normalized spacial score (nSPS) is 16.7. The highest BCUT2D eigenvalue weighted by molar-refractivity contribution is 7.94. The summed E-state index contributed by atoms with van der Waals surface area (Å²) in [7, 11) is 0. The van der Waals surface area contributed by atoms with Crippen molar-refractivity contribution in [1.29, 1.82) is 0 Å². The Labute approximate surface area is 164 Å². The van der Waals surface area contributed by atoms with E-state index >= 15 is 0 Å². The largest absolute Gasteiger partial charge is 0.425 e. The fourth-order valence-electron chi connectivity index (χ4n) is 3.23. The average molecular weight is 375 g/mol. The van der Waals surface area contributed by atoms with Crippen LogP contribution in [-0.2, 0) is 13.1 Å². The van der Waals surface area contributed by atoms with Crippen LogP contribution in [0, 0.1) is 5.92 Å². The molecule has 0 saturated carbocycles. The Morgan fingerprint density at radius 3 is 2.50 bits per heavy atom. The van der Waals surface area contributed by atoms with Crippen molar-refractivity contribution in [2.24, 2.45) is 5.92 Å². The molecule has 1 atom stereocenters. The standard InChI is InChI=1S/C22H34N2OS/c1-6-12-23(13-7-2)16-20-9-10-21(22(15-20)25-26-8-3)17-24-14-11-18(4)19(24)5/h9-11,14-15,18H,5-8,12-13,16-17H2,1-4H3. The van der Waals surface area contributed by atoms with Crippen LogP contribution in [0.4, 0.5) is 0 Å².